The predicted octanol–water partition coefficient (Wildman–Crippen LogP) is 6.43. The van der Waals surface area contributed by atoms with Crippen LogP contribution in [0.5, 0.6) is 0 Å². The smallest absolute Gasteiger partial charge is 0.228 e. The first-order chi connectivity index (χ1) is 15.9. The number of oxazole rings is 1. The fourth-order valence-corrected chi connectivity index (χ4v) is 6.99. The predicted molar refractivity (Wildman–Crippen MR) is 138 cm³/mol. The van der Waals surface area contributed by atoms with Crippen molar-refractivity contribution in [2.45, 2.75) is 26.2 Å². The van der Waals surface area contributed by atoms with Gasteiger partial charge < -0.3 is 8.98 Å². The van der Waals surface area contributed by atoms with Crippen LogP contribution in [0.25, 0.3) is 22.6 Å². The zero-order valence-electron chi connectivity index (χ0n) is 19.0. The molecule has 33 heavy (non-hydrogen) atoms. The number of hydrogen-bond donors (Lipinski definition) is 0. The molecule has 1 aromatic heterocycles. The quantitative estimate of drug-likeness (QED) is 0.296. The van der Waals surface area contributed by atoms with E-state index in [1.807, 2.05) is 91.0 Å². The van der Waals surface area contributed by atoms with Crippen LogP contribution in [0.3, 0.4) is 0 Å². The highest BCUT2D eigenvalue weighted by atomic mass is 31.2. The first-order valence-electron chi connectivity index (χ1n) is 11.1. The summed E-state index contributed by atoms with van der Waals surface area (Å²) in [5, 5.41) is 2.30. The molecule has 1 heterocycles. The number of benzene rings is 4. The minimum Gasteiger partial charge on any atom is -0.436 e. The second kappa shape index (κ2) is 8.17. The molecular formula is C29H26NO2P. The number of aromatic nitrogens is 1. The molecule has 0 saturated heterocycles. The van der Waals surface area contributed by atoms with Crippen LogP contribution in [0.4, 0.5) is 0 Å². The van der Waals surface area contributed by atoms with Gasteiger partial charge in [-0.25, -0.2) is 4.98 Å². The normalized spacial score (nSPS) is 12.2. The Labute approximate surface area is 194 Å². The summed E-state index contributed by atoms with van der Waals surface area (Å²) < 4.78 is 21.1. The maximum atomic E-state index is 14.9. The van der Waals surface area contributed by atoms with E-state index in [2.05, 4.69) is 32.9 Å². The van der Waals surface area contributed by atoms with Gasteiger partial charge >= 0.3 is 0 Å². The summed E-state index contributed by atoms with van der Waals surface area (Å²) in [6, 6.07) is 33.3. The van der Waals surface area contributed by atoms with Crippen molar-refractivity contribution < 1.29 is 8.98 Å². The highest BCUT2D eigenvalue weighted by Gasteiger charge is 2.33. The molecule has 0 aliphatic heterocycles. The molecule has 0 aliphatic rings. The highest BCUT2D eigenvalue weighted by molar-refractivity contribution is 7.85. The Morgan fingerprint density at radius 1 is 0.727 bits per heavy atom. The van der Waals surface area contributed by atoms with Gasteiger partial charge in [0.15, 0.2) is 12.7 Å². The fraction of sp³-hybridized carbons (Fsp3) is 0.138. The Bertz CT molecular complexity index is 1420. The average molecular weight is 452 g/mol. The highest BCUT2D eigenvalue weighted by Crippen LogP contribution is 2.45. The van der Waals surface area contributed by atoms with Crippen LogP contribution in [0.1, 0.15) is 26.3 Å². The number of hydrogen-bond acceptors (Lipinski definition) is 3. The molecule has 0 saturated carbocycles. The van der Waals surface area contributed by atoms with E-state index in [1.54, 1.807) is 0 Å². The van der Waals surface area contributed by atoms with Gasteiger partial charge in [0.1, 0.15) is 5.52 Å². The van der Waals surface area contributed by atoms with E-state index in [0.29, 0.717) is 5.89 Å². The monoisotopic (exact) mass is 451 g/mol. The second-order valence-corrected chi connectivity index (χ2v) is 12.0. The van der Waals surface area contributed by atoms with E-state index in [0.717, 1.165) is 32.6 Å². The maximum Gasteiger partial charge on any atom is 0.228 e. The Morgan fingerprint density at radius 2 is 1.30 bits per heavy atom. The van der Waals surface area contributed by atoms with Crippen molar-refractivity contribution in [1.29, 1.82) is 0 Å². The summed E-state index contributed by atoms with van der Waals surface area (Å²) in [5.41, 5.74) is 3.50. The molecule has 0 bridgehead atoms. The van der Waals surface area contributed by atoms with Crippen molar-refractivity contribution >= 4 is 34.2 Å². The van der Waals surface area contributed by atoms with Gasteiger partial charge in [-0.1, -0.05) is 106 Å². The molecule has 0 fully saturated rings. The van der Waals surface area contributed by atoms with Gasteiger partial charge in [0.25, 0.3) is 0 Å². The van der Waals surface area contributed by atoms with Crippen LogP contribution in [0, 0.1) is 0 Å². The van der Waals surface area contributed by atoms with E-state index < -0.39 is 7.14 Å². The number of rotatable bonds is 4. The third-order valence-electron chi connectivity index (χ3n) is 5.97. The van der Waals surface area contributed by atoms with Gasteiger partial charge in [0.05, 0.1) is 0 Å². The molecule has 0 radical (unpaired) electrons. The zero-order valence-corrected chi connectivity index (χ0v) is 19.9. The molecule has 5 rings (SSSR count). The lowest BCUT2D eigenvalue weighted by molar-refractivity contribution is 0.589. The van der Waals surface area contributed by atoms with Crippen molar-refractivity contribution in [2.75, 3.05) is 0 Å². The SMILES string of the molecule is CC(C)(C)c1ccc2oc(-c3ccccc3P(=O)(c3ccccc3)c3ccccc3)nc2c1. The second-order valence-electron chi connectivity index (χ2n) is 9.25. The summed E-state index contributed by atoms with van der Waals surface area (Å²) in [7, 11) is -3.16. The van der Waals surface area contributed by atoms with Crippen molar-refractivity contribution in [3.63, 3.8) is 0 Å². The standard InChI is InChI=1S/C29H26NO2P/c1-29(2,3)21-18-19-26-25(20-21)30-28(32-26)24-16-10-11-17-27(24)33(31,22-12-6-4-7-13-22)23-14-8-5-9-15-23/h4-20H,1-3H3. The Kier molecular flexibility index (Phi) is 5.31. The average Bonchev–Trinajstić information content (AvgIpc) is 3.27. The van der Waals surface area contributed by atoms with Crippen molar-refractivity contribution in [3.8, 4) is 11.5 Å². The maximum absolute atomic E-state index is 14.9. The lowest BCUT2D eigenvalue weighted by Gasteiger charge is -2.21. The molecule has 5 aromatic rings. The minimum atomic E-state index is -3.16. The molecule has 0 aliphatic carbocycles. The molecule has 0 atom stereocenters. The van der Waals surface area contributed by atoms with Crippen LogP contribution >= 0.6 is 7.14 Å². The van der Waals surface area contributed by atoms with Gasteiger partial charge in [-0.15, -0.1) is 0 Å². The molecule has 3 nitrogen and oxygen atoms in total. The van der Waals surface area contributed by atoms with Gasteiger partial charge in [0, 0.05) is 21.5 Å². The summed E-state index contributed by atoms with van der Waals surface area (Å²) >= 11 is 0. The Balaban J connectivity index is 1.74. The van der Waals surface area contributed by atoms with Crippen molar-refractivity contribution in [3.05, 3.63) is 109 Å². The van der Waals surface area contributed by atoms with Gasteiger partial charge in [0.2, 0.25) is 5.89 Å². The van der Waals surface area contributed by atoms with Crippen LogP contribution < -0.4 is 15.9 Å². The van der Waals surface area contributed by atoms with E-state index >= 15 is 0 Å². The van der Waals surface area contributed by atoms with E-state index in [9.17, 15) is 4.57 Å². The molecule has 4 heteroatoms. The van der Waals surface area contributed by atoms with E-state index in [4.69, 9.17) is 9.40 Å². The van der Waals surface area contributed by atoms with E-state index in [1.165, 1.54) is 5.56 Å². The minimum absolute atomic E-state index is 0.0154. The van der Waals surface area contributed by atoms with Crippen LogP contribution in [-0.4, -0.2) is 4.98 Å². The molecule has 164 valence electrons. The lowest BCUT2D eigenvalue weighted by atomic mass is 9.87. The van der Waals surface area contributed by atoms with E-state index in [-0.39, 0.29) is 5.41 Å². The van der Waals surface area contributed by atoms with Crippen LogP contribution in [0.2, 0.25) is 0 Å². The first kappa shape index (κ1) is 21.4. The molecule has 0 N–H and O–H groups in total. The summed E-state index contributed by atoms with van der Waals surface area (Å²) in [6.45, 7) is 6.54. The summed E-state index contributed by atoms with van der Waals surface area (Å²) in [6.07, 6.45) is 0. The van der Waals surface area contributed by atoms with Gasteiger partial charge in [-0.3, -0.25) is 0 Å². The van der Waals surface area contributed by atoms with Gasteiger partial charge in [-0.2, -0.15) is 0 Å². The summed E-state index contributed by atoms with van der Waals surface area (Å²) in [4.78, 5) is 4.83. The lowest BCUT2D eigenvalue weighted by Crippen LogP contribution is -2.26. The van der Waals surface area contributed by atoms with Crippen LogP contribution in [-0.2, 0) is 9.98 Å². The Morgan fingerprint density at radius 3 is 1.91 bits per heavy atom. The number of nitrogens with zero attached hydrogens (tertiary/aromatic N) is 1. The van der Waals surface area contributed by atoms with Gasteiger partial charge in [-0.05, 0) is 29.2 Å². The molecule has 0 spiro atoms. The summed E-state index contributed by atoms with van der Waals surface area (Å²) in [5.74, 6) is 0.485. The molecule has 0 unspecified atom stereocenters. The number of fused-ring (bicyclic) bond motifs is 1. The Hall–Kier alpha value is -3.42. The van der Waals surface area contributed by atoms with Crippen LogP contribution in [0.15, 0.2) is 108 Å². The largest absolute Gasteiger partial charge is 0.436 e. The molecular weight excluding hydrogens is 425 g/mol. The molecule has 0 amide bonds. The van der Waals surface area contributed by atoms with Crippen molar-refractivity contribution in [1.82, 2.24) is 4.98 Å². The third kappa shape index (κ3) is 3.83. The fourth-order valence-electron chi connectivity index (χ4n) is 4.14. The first-order valence-corrected chi connectivity index (χ1v) is 12.8. The molecule has 4 aromatic carbocycles. The van der Waals surface area contributed by atoms with Crippen molar-refractivity contribution in [2.24, 2.45) is 0 Å². The zero-order chi connectivity index (χ0) is 23.1. The third-order valence-corrected chi connectivity index (χ3v) is 9.09. The topological polar surface area (TPSA) is 43.1 Å².